The maximum atomic E-state index is 12.2. The molecule has 0 atom stereocenters. The van der Waals surface area contributed by atoms with Crippen LogP contribution in [0.2, 0.25) is 0 Å². The van der Waals surface area contributed by atoms with Gasteiger partial charge in [0, 0.05) is 11.4 Å². The van der Waals surface area contributed by atoms with Gasteiger partial charge in [-0.1, -0.05) is 6.08 Å². The molecule has 0 fully saturated rings. The molecule has 0 aromatic carbocycles. The predicted molar refractivity (Wildman–Crippen MR) is 69.2 cm³/mol. The molecule has 0 N–H and O–H groups in total. The Morgan fingerprint density at radius 2 is 2.18 bits per heavy atom. The topological polar surface area (TPSA) is 34.9 Å². The van der Waals surface area contributed by atoms with E-state index < -0.39 is 0 Å². The third-order valence-electron chi connectivity index (χ3n) is 2.57. The summed E-state index contributed by atoms with van der Waals surface area (Å²) in [5.41, 5.74) is 0.946. The molecule has 0 aliphatic heterocycles. The van der Waals surface area contributed by atoms with Crippen LogP contribution in [0.1, 0.15) is 10.4 Å². The average Bonchev–Trinajstić information content (AvgIpc) is 2.49. The largest absolute Gasteiger partial charge is 1.00 e. The molecule has 0 aliphatic carbocycles. The maximum Gasteiger partial charge on any atom is 1.00 e. The minimum atomic E-state index is -0.0586. The fourth-order valence-corrected chi connectivity index (χ4v) is 2.93. The summed E-state index contributed by atoms with van der Waals surface area (Å²) in [6.07, 6.45) is 1.65. The van der Waals surface area contributed by atoms with Crippen molar-refractivity contribution in [3.05, 3.63) is 33.4 Å². The molecule has 0 radical (unpaired) electrons. The van der Waals surface area contributed by atoms with Gasteiger partial charge in [-0.2, -0.15) is 0 Å². The second-order valence-electron chi connectivity index (χ2n) is 3.56. The number of allylic oxidation sites excluding steroid dienone is 1. The first kappa shape index (κ1) is 14.9. The second-order valence-corrected chi connectivity index (χ2v) is 5.13. The van der Waals surface area contributed by atoms with Crippen LogP contribution in [0.5, 0.6) is 0 Å². The van der Waals surface area contributed by atoms with E-state index >= 15 is 0 Å². The summed E-state index contributed by atoms with van der Waals surface area (Å²) in [6, 6.07) is 0. The van der Waals surface area contributed by atoms with E-state index in [-0.39, 0.29) is 35.1 Å². The molecule has 0 spiro atoms. The first-order valence-corrected chi connectivity index (χ1v) is 6.07. The Balaban J connectivity index is 0.00000144. The van der Waals surface area contributed by atoms with Gasteiger partial charge in [0.1, 0.15) is 4.83 Å². The molecule has 0 unspecified atom stereocenters. The zero-order valence-corrected chi connectivity index (χ0v) is 13.7. The Bertz CT molecular complexity index is 630. The van der Waals surface area contributed by atoms with Gasteiger partial charge in [0.15, 0.2) is 0 Å². The molecule has 84 valence electrons. The first-order chi connectivity index (χ1) is 7.56. The van der Waals surface area contributed by atoms with Crippen molar-refractivity contribution in [2.75, 3.05) is 0 Å². The summed E-state index contributed by atoms with van der Waals surface area (Å²) in [4.78, 5) is 18.3. The Morgan fingerprint density at radius 1 is 1.53 bits per heavy atom. The molecule has 2 heterocycles. The molecule has 0 aliphatic rings. The number of hydrogen-bond donors (Lipinski definition) is 0. The number of rotatable bonds is 2. The van der Waals surface area contributed by atoms with Gasteiger partial charge in [0.05, 0.1) is 5.39 Å². The van der Waals surface area contributed by atoms with E-state index in [0.717, 1.165) is 15.3 Å². The summed E-state index contributed by atoms with van der Waals surface area (Å²) < 4.78 is 1.48. The van der Waals surface area contributed by atoms with Crippen molar-refractivity contribution in [2.45, 2.75) is 25.5 Å². The van der Waals surface area contributed by atoms with Gasteiger partial charge in [-0.15, -0.1) is 17.9 Å². The van der Waals surface area contributed by atoms with Crippen LogP contribution in [-0.4, -0.2) is 9.55 Å². The molecule has 0 saturated carbocycles. The van der Waals surface area contributed by atoms with Crippen LogP contribution in [0.4, 0.5) is 0 Å². The van der Waals surface area contributed by atoms with Crippen LogP contribution in [-0.2, 0) is 19.2 Å². The maximum absolute atomic E-state index is 12.2. The summed E-state index contributed by atoms with van der Waals surface area (Å²) >= 11 is 6.61. The summed E-state index contributed by atoms with van der Waals surface area (Å²) in [5.74, 6) is 0. The number of thiophene rings is 1. The van der Waals surface area contributed by atoms with Crippen LogP contribution < -0.4 is 35.1 Å². The van der Waals surface area contributed by atoms with Gasteiger partial charge in [-0.3, -0.25) is 4.79 Å². The van der Waals surface area contributed by atoms with Crippen LogP contribution in [0.15, 0.2) is 22.6 Å². The molecular weight excluding hydrogens is 263 g/mol. The zero-order chi connectivity index (χ0) is 11.9. The second kappa shape index (κ2) is 5.63. The molecule has 2 rings (SSSR count). The molecule has 0 bridgehead atoms. The monoisotopic (exact) mass is 274 g/mol. The third-order valence-corrected chi connectivity index (χ3v) is 3.98. The van der Waals surface area contributed by atoms with Crippen molar-refractivity contribution < 1.29 is 29.6 Å². The zero-order valence-electron chi connectivity index (χ0n) is 10.1. The number of aryl methyl sites for hydroxylation is 2. The van der Waals surface area contributed by atoms with Crippen molar-refractivity contribution in [2.24, 2.45) is 0 Å². The van der Waals surface area contributed by atoms with Gasteiger partial charge in [0.2, 0.25) is 0 Å². The van der Waals surface area contributed by atoms with Crippen molar-refractivity contribution in [3.63, 3.8) is 0 Å². The Labute approximate surface area is 131 Å². The Morgan fingerprint density at radius 3 is 2.76 bits per heavy atom. The quantitative estimate of drug-likeness (QED) is 0.310. The van der Waals surface area contributed by atoms with Gasteiger partial charge in [-0.05, 0) is 24.6 Å². The molecule has 0 saturated heterocycles. The Hall–Kier alpha value is -0.200. The average molecular weight is 274 g/mol. The summed E-state index contributed by atoms with van der Waals surface area (Å²) in [6.45, 7) is 7.96. The predicted octanol–water partition coefficient (Wildman–Crippen LogP) is -0.829. The van der Waals surface area contributed by atoms with Crippen molar-refractivity contribution in [3.8, 4) is 0 Å². The summed E-state index contributed by atoms with van der Waals surface area (Å²) in [7, 11) is 0. The third kappa shape index (κ3) is 2.48. The minimum absolute atomic E-state index is 0. The fourth-order valence-electron chi connectivity index (χ4n) is 1.60. The van der Waals surface area contributed by atoms with E-state index in [4.69, 9.17) is 12.6 Å². The van der Waals surface area contributed by atoms with Gasteiger partial charge >= 0.3 is 29.6 Å². The van der Waals surface area contributed by atoms with Crippen molar-refractivity contribution in [1.82, 2.24) is 9.55 Å². The van der Waals surface area contributed by atoms with Crippen LogP contribution in [0.3, 0.4) is 0 Å². The van der Waals surface area contributed by atoms with E-state index in [2.05, 4.69) is 11.6 Å². The van der Waals surface area contributed by atoms with E-state index in [1.807, 2.05) is 13.8 Å². The van der Waals surface area contributed by atoms with E-state index in [9.17, 15) is 4.79 Å². The van der Waals surface area contributed by atoms with E-state index in [1.54, 1.807) is 6.08 Å². The van der Waals surface area contributed by atoms with E-state index in [1.165, 1.54) is 15.9 Å². The molecule has 3 nitrogen and oxygen atoms in total. The first-order valence-electron chi connectivity index (χ1n) is 4.84. The standard InChI is InChI=1S/C11H12N2OS2.Na/c1-4-5-13-10(14)8-6(2)7(3)16-9(8)12-11(13)15;/h4H,1,5H2,2-3H3,(H,12,15);/q;+1/p-1. The molecular formula is C11H11N2NaOS2. The molecule has 2 aromatic heterocycles. The van der Waals surface area contributed by atoms with Crippen molar-refractivity contribution in [1.29, 1.82) is 0 Å². The number of nitrogens with zero attached hydrogens (tertiary/aromatic N) is 2. The number of hydrogen-bond acceptors (Lipinski definition) is 4. The normalized spacial score (nSPS) is 10.2. The van der Waals surface area contributed by atoms with Gasteiger partial charge in [0.25, 0.3) is 5.56 Å². The van der Waals surface area contributed by atoms with Gasteiger partial charge < -0.3 is 17.2 Å². The van der Waals surface area contributed by atoms with Crippen LogP contribution >= 0.6 is 11.3 Å². The minimum Gasteiger partial charge on any atom is -0.742 e. The molecule has 17 heavy (non-hydrogen) atoms. The smallest absolute Gasteiger partial charge is 0.742 e. The number of aromatic nitrogens is 2. The van der Waals surface area contributed by atoms with E-state index in [0.29, 0.717) is 17.1 Å². The van der Waals surface area contributed by atoms with Gasteiger partial charge in [-0.25, -0.2) is 4.98 Å². The number of fused-ring (bicyclic) bond motifs is 1. The Kier molecular flexibility index (Phi) is 4.92. The summed E-state index contributed by atoms with van der Waals surface area (Å²) in [5, 5.41) is 1.02. The molecule has 0 amide bonds. The van der Waals surface area contributed by atoms with Crippen LogP contribution in [0, 0.1) is 13.8 Å². The fraction of sp³-hybridized carbons (Fsp3) is 0.273. The SMILES string of the molecule is C=CCn1c([S-])nc2sc(C)c(C)c2c1=O.[Na+]. The van der Waals surface area contributed by atoms with Crippen molar-refractivity contribution >= 4 is 34.2 Å². The molecule has 6 heteroatoms. The molecule has 2 aromatic rings. The van der Waals surface area contributed by atoms with Crippen LogP contribution in [0.25, 0.3) is 10.2 Å².